The summed E-state index contributed by atoms with van der Waals surface area (Å²) in [7, 11) is 1.81. The quantitative estimate of drug-likeness (QED) is 0.535. The first kappa shape index (κ1) is 19.6. The number of benzene rings is 2. The maximum Gasteiger partial charge on any atom is 0.229 e. The van der Waals surface area contributed by atoms with Crippen molar-refractivity contribution in [2.24, 2.45) is 12.8 Å². The van der Waals surface area contributed by atoms with Crippen LogP contribution in [0.1, 0.15) is 22.7 Å². The third-order valence-electron chi connectivity index (χ3n) is 5.51. The van der Waals surface area contributed by atoms with E-state index in [4.69, 9.17) is 15.6 Å². The van der Waals surface area contributed by atoms with Gasteiger partial charge in [0.05, 0.1) is 28.6 Å². The van der Waals surface area contributed by atoms with Gasteiger partial charge in [-0.2, -0.15) is 20.1 Å². The van der Waals surface area contributed by atoms with Gasteiger partial charge >= 0.3 is 0 Å². The summed E-state index contributed by atoms with van der Waals surface area (Å²) in [5.41, 5.74) is 10.00. The van der Waals surface area contributed by atoms with E-state index in [1.165, 1.54) is 6.07 Å². The molecule has 0 fully saturated rings. The first-order chi connectivity index (χ1) is 15.5. The number of halogens is 1. The number of fused-ring (bicyclic) bond motifs is 1. The molecule has 0 saturated heterocycles. The maximum absolute atomic E-state index is 15.0. The molecule has 1 atom stereocenters. The molecule has 4 aromatic rings. The van der Waals surface area contributed by atoms with Gasteiger partial charge in [-0.15, -0.1) is 0 Å². The summed E-state index contributed by atoms with van der Waals surface area (Å²) in [4.78, 5) is 0. The topological polar surface area (TPSA) is 94.7 Å². The molecule has 0 spiro atoms. The van der Waals surface area contributed by atoms with Gasteiger partial charge in [0.2, 0.25) is 11.8 Å². The first-order valence-electron chi connectivity index (χ1n) is 10.0. The van der Waals surface area contributed by atoms with E-state index in [0.717, 1.165) is 17.1 Å². The van der Waals surface area contributed by atoms with Crippen LogP contribution in [0.25, 0.3) is 17.1 Å². The van der Waals surface area contributed by atoms with Crippen LogP contribution >= 0.6 is 0 Å². The van der Waals surface area contributed by atoms with Crippen molar-refractivity contribution >= 4 is 0 Å². The Kier molecular flexibility index (Phi) is 4.52. The zero-order valence-electron chi connectivity index (χ0n) is 17.5. The van der Waals surface area contributed by atoms with Crippen molar-refractivity contribution in [3.63, 3.8) is 0 Å². The number of para-hydroxylation sites is 1. The average molecular weight is 426 g/mol. The van der Waals surface area contributed by atoms with Gasteiger partial charge in [0.15, 0.2) is 0 Å². The van der Waals surface area contributed by atoms with Gasteiger partial charge < -0.3 is 10.5 Å². The largest absolute Gasteiger partial charge is 0.422 e. The Morgan fingerprint density at radius 2 is 1.81 bits per heavy atom. The van der Waals surface area contributed by atoms with Crippen molar-refractivity contribution in [2.45, 2.75) is 12.8 Å². The zero-order chi connectivity index (χ0) is 22.4. The lowest BCUT2D eigenvalue weighted by molar-refractivity contribution is 0.366. The van der Waals surface area contributed by atoms with Crippen LogP contribution in [-0.2, 0) is 7.05 Å². The normalized spacial score (nSPS) is 15.2. The molecule has 0 bridgehead atoms. The second-order valence-corrected chi connectivity index (χ2v) is 7.56. The number of aryl methyl sites for hydroxylation is 2. The van der Waals surface area contributed by atoms with E-state index in [0.29, 0.717) is 22.7 Å². The lowest BCUT2D eigenvalue weighted by Gasteiger charge is -2.25. The van der Waals surface area contributed by atoms with E-state index in [1.54, 1.807) is 27.6 Å². The van der Waals surface area contributed by atoms with Gasteiger partial charge in [-0.25, -0.2) is 4.39 Å². The molecule has 2 aromatic carbocycles. The molecule has 5 rings (SSSR count). The Balaban J connectivity index is 1.87. The number of hydrogen-bond donors (Lipinski definition) is 1. The predicted molar refractivity (Wildman–Crippen MR) is 116 cm³/mol. The molecule has 0 amide bonds. The number of rotatable bonds is 3. The summed E-state index contributed by atoms with van der Waals surface area (Å²) in [5.74, 6) is -0.953. The number of allylic oxidation sites excluding steroid dienone is 1. The number of aromatic nitrogens is 4. The number of nitrogens with zero attached hydrogens (tertiary/aromatic N) is 5. The van der Waals surface area contributed by atoms with E-state index in [9.17, 15) is 9.65 Å². The highest BCUT2D eigenvalue weighted by Crippen LogP contribution is 2.48. The van der Waals surface area contributed by atoms with Crippen LogP contribution in [0.4, 0.5) is 4.39 Å². The van der Waals surface area contributed by atoms with Crippen LogP contribution in [0.3, 0.4) is 0 Å². The highest BCUT2D eigenvalue weighted by atomic mass is 19.1. The van der Waals surface area contributed by atoms with Gasteiger partial charge in [-0.3, -0.25) is 4.68 Å². The average Bonchev–Trinajstić information content (AvgIpc) is 3.32. The summed E-state index contributed by atoms with van der Waals surface area (Å²) < 4.78 is 24.3. The predicted octanol–water partition coefficient (Wildman–Crippen LogP) is 3.94. The summed E-state index contributed by atoms with van der Waals surface area (Å²) in [6.45, 7) is 1.88. The smallest absolute Gasteiger partial charge is 0.229 e. The van der Waals surface area contributed by atoms with Crippen molar-refractivity contribution in [2.75, 3.05) is 0 Å². The summed E-state index contributed by atoms with van der Waals surface area (Å²) in [6, 6.07) is 19.8. The fourth-order valence-corrected chi connectivity index (χ4v) is 4.12. The molecule has 0 aliphatic carbocycles. The van der Waals surface area contributed by atoms with E-state index in [-0.39, 0.29) is 11.5 Å². The standard InChI is InChI=1S/C24H19FN6O/c1-14-12-19(30(2)28-14)22-21-20(16-10-6-7-11-18(16)25)17(13-26)23(27)32-24(21)31(29-22)15-8-4-3-5-9-15/h3-12,20H,27H2,1-2H3. The molecular formula is C24H19FN6O. The Hall–Kier alpha value is -4.38. The molecule has 1 aliphatic heterocycles. The third kappa shape index (κ3) is 2.94. The minimum Gasteiger partial charge on any atom is -0.422 e. The van der Waals surface area contributed by atoms with Crippen molar-refractivity contribution in [3.05, 3.63) is 94.8 Å². The maximum atomic E-state index is 15.0. The van der Waals surface area contributed by atoms with Gasteiger partial charge in [0.1, 0.15) is 23.2 Å². The molecule has 2 aromatic heterocycles. The second-order valence-electron chi connectivity index (χ2n) is 7.56. The Morgan fingerprint density at radius 3 is 2.47 bits per heavy atom. The molecular weight excluding hydrogens is 407 g/mol. The van der Waals surface area contributed by atoms with Crippen LogP contribution in [0.15, 0.2) is 72.1 Å². The Morgan fingerprint density at radius 1 is 1.09 bits per heavy atom. The number of hydrogen-bond acceptors (Lipinski definition) is 5. The van der Waals surface area contributed by atoms with Gasteiger partial charge in [0.25, 0.3) is 0 Å². The number of ether oxygens (including phenoxy) is 1. The molecule has 158 valence electrons. The highest BCUT2D eigenvalue weighted by Gasteiger charge is 2.39. The van der Waals surface area contributed by atoms with Gasteiger partial charge in [0, 0.05) is 12.6 Å². The fraction of sp³-hybridized carbons (Fsp3) is 0.125. The summed E-state index contributed by atoms with van der Waals surface area (Å²) >= 11 is 0. The van der Waals surface area contributed by atoms with Crippen LogP contribution in [0.5, 0.6) is 5.88 Å². The van der Waals surface area contributed by atoms with Gasteiger partial charge in [-0.05, 0) is 31.2 Å². The Bertz CT molecular complexity index is 1410. The summed E-state index contributed by atoms with van der Waals surface area (Å²) in [5, 5.41) is 19.2. The molecule has 3 heterocycles. The second kappa shape index (κ2) is 7.39. The van der Waals surface area contributed by atoms with E-state index >= 15 is 0 Å². The number of nitrogens with two attached hydrogens (primary N) is 1. The van der Waals surface area contributed by atoms with E-state index in [1.807, 2.05) is 50.4 Å². The van der Waals surface area contributed by atoms with Crippen LogP contribution in [0, 0.1) is 24.1 Å². The van der Waals surface area contributed by atoms with E-state index < -0.39 is 11.7 Å². The SMILES string of the molecule is Cc1cc(-c2nn(-c3ccccc3)c3c2C(c2ccccc2F)C(C#N)=C(N)O3)n(C)n1. The third-order valence-corrected chi connectivity index (χ3v) is 5.51. The molecule has 1 aliphatic rings. The molecule has 8 heteroatoms. The minimum absolute atomic E-state index is 0.0712. The molecule has 2 N–H and O–H groups in total. The van der Waals surface area contributed by atoms with Crippen molar-refractivity contribution in [3.8, 4) is 29.0 Å². The Labute approximate surface area is 183 Å². The molecule has 0 radical (unpaired) electrons. The molecule has 32 heavy (non-hydrogen) atoms. The summed E-state index contributed by atoms with van der Waals surface area (Å²) in [6.07, 6.45) is 0. The van der Waals surface area contributed by atoms with Crippen LogP contribution < -0.4 is 10.5 Å². The fourth-order valence-electron chi connectivity index (χ4n) is 4.12. The van der Waals surface area contributed by atoms with Crippen molar-refractivity contribution in [1.82, 2.24) is 19.6 Å². The zero-order valence-corrected chi connectivity index (χ0v) is 17.5. The first-order valence-corrected chi connectivity index (χ1v) is 10.0. The van der Waals surface area contributed by atoms with Gasteiger partial charge in [-0.1, -0.05) is 36.4 Å². The van der Waals surface area contributed by atoms with Crippen LogP contribution in [-0.4, -0.2) is 19.6 Å². The lowest BCUT2D eigenvalue weighted by Crippen LogP contribution is -2.22. The van der Waals surface area contributed by atoms with E-state index in [2.05, 4.69) is 11.2 Å². The van der Waals surface area contributed by atoms with Crippen molar-refractivity contribution < 1.29 is 9.13 Å². The molecule has 0 saturated carbocycles. The van der Waals surface area contributed by atoms with Crippen LogP contribution in [0.2, 0.25) is 0 Å². The monoisotopic (exact) mass is 426 g/mol. The minimum atomic E-state index is -0.785. The lowest BCUT2D eigenvalue weighted by atomic mass is 9.83. The highest BCUT2D eigenvalue weighted by molar-refractivity contribution is 5.70. The van der Waals surface area contributed by atoms with Crippen molar-refractivity contribution in [1.29, 1.82) is 5.26 Å². The number of nitriles is 1. The molecule has 7 nitrogen and oxygen atoms in total. The molecule has 1 unspecified atom stereocenters.